The molecule has 0 aromatic heterocycles. The van der Waals surface area contributed by atoms with Gasteiger partial charge in [-0.1, -0.05) is 11.6 Å². The third-order valence-electron chi connectivity index (χ3n) is 2.56. The number of benzene rings is 1. The second-order valence-electron chi connectivity index (χ2n) is 4.06. The Labute approximate surface area is 112 Å². The number of halogens is 1. The van der Waals surface area contributed by atoms with E-state index >= 15 is 0 Å². The van der Waals surface area contributed by atoms with Gasteiger partial charge in [-0.15, -0.1) is 0 Å². The number of ether oxygens (including phenoxy) is 2. The van der Waals surface area contributed by atoms with Crippen molar-refractivity contribution in [3.8, 4) is 5.75 Å². The van der Waals surface area contributed by atoms with E-state index in [4.69, 9.17) is 16.3 Å². The van der Waals surface area contributed by atoms with Crippen LogP contribution in [-0.2, 0) is 9.53 Å². The van der Waals surface area contributed by atoms with Crippen LogP contribution >= 0.6 is 11.6 Å². The van der Waals surface area contributed by atoms with Gasteiger partial charge in [-0.05, 0) is 50.1 Å². The van der Waals surface area contributed by atoms with E-state index in [1.165, 1.54) is 7.11 Å². The maximum Gasteiger partial charge on any atom is 0.333 e. The number of rotatable bonds is 4. The summed E-state index contributed by atoms with van der Waals surface area (Å²) < 4.78 is 10.1. The average Bonchev–Trinajstić information content (AvgIpc) is 2.34. The van der Waals surface area contributed by atoms with Crippen LogP contribution in [0.4, 0.5) is 0 Å². The van der Waals surface area contributed by atoms with Crippen LogP contribution in [-0.4, -0.2) is 19.7 Å². The van der Waals surface area contributed by atoms with Crippen LogP contribution in [0.3, 0.4) is 0 Å². The van der Waals surface area contributed by atoms with Gasteiger partial charge in [0.1, 0.15) is 12.4 Å². The quantitative estimate of drug-likeness (QED) is 0.620. The third kappa shape index (κ3) is 3.77. The minimum Gasteiger partial charge on any atom is -0.489 e. The third-order valence-corrected chi connectivity index (χ3v) is 3.15. The first-order valence-electron chi connectivity index (χ1n) is 5.60. The topological polar surface area (TPSA) is 35.5 Å². The number of hydrogen-bond acceptors (Lipinski definition) is 3. The lowest BCUT2D eigenvalue weighted by atomic mass is 10.1. The van der Waals surface area contributed by atoms with E-state index in [1.807, 2.05) is 26.0 Å². The number of aryl methyl sites for hydroxylation is 2. The van der Waals surface area contributed by atoms with Gasteiger partial charge in [0.05, 0.1) is 7.11 Å². The Balaban J connectivity index is 2.68. The van der Waals surface area contributed by atoms with Crippen molar-refractivity contribution in [1.82, 2.24) is 0 Å². The fourth-order valence-electron chi connectivity index (χ4n) is 1.50. The molecule has 0 N–H and O–H groups in total. The monoisotopic (exact) mass is 268 g/mol. The Hall–Kier alpha value is -1.48. The van der Waals surface area contributed by atoms with Crippen LogP contribution in [0.25, 0.3) is 0 Å². The van der Waals surface area contributed by atoms with E-state index in [2.05, 4.69) is 4.74 Å². The molecule has 0 fully saturated rings. The molecule has 0 aliphatic carbocycles. The highest BCUT2D eigenvalue weighted by Gasteiger charge is 2.04. The summed E-state index contributed by atoms with van der Waals surface area (Å²) in [5.41, 5.74) is 2.47. The second-order valence-corrected chi connectivity index (χ2v) is 4.44. The molecule has 0 bridgehead atoms. The maximum absolute atomic E-state index is 11.1. The van der Waals surface area contributed by atoms with Crippen molar-refractivity contribution in [2.45, 2.75) is 20.8 Å². The molecule has 18 heavy (non-hydrogen) atoms. The molecule has 1 aromatic rings. The largest absolute Gasteiger partial charge is 0.489 e. The van der Waals surface area contributed by atoms with Crippen LogP contribution in [0, 0.1) is 13.8 Å². The van der Waals surface area contributed by atoms with E-state index in [0.717, 1.165) is 21.9 Å². The van der Waals surface area contributed by atoms with Crippen molar-refractivity contribution in [3.63, 3.8) is 0 Å². The maximum atomic E-state index is 11.1. The SMILES string of the molecule is COC(=O)C(C)=CCOc1cc(C)c(Cl)c(C)c1. The Bertz CT molecular complexity index is 455. The van der Waals surface area contributed by atoms with Gasteiger partial charge in [0.15, 0.2) is 0 Å². The number of methoxy groups -OCH3 is 1. The summed E-state index contributed by atoms with van der Waals surface area (Å²) in [5, 5.41) is 0.753. The molecular weight excluding hydrogens is 252 g/mol. The molecule has 0 saturated carbocycles. The molecule has 0 aliphatic rings. The Morgan fingerprint density at radius 1 is 1.33 bits per heavy atom. The number of carbonyl (C=O) groups is 1. The predicted molar refractivity (Wildman–Crippen MR) is 72.2 cm³/mol. The van der Waals surface area contributed by atoms with Crippen LogP contribution in [0.5, 0.6) is 5.75 Å². The Morgan fingerprint density at radius 2 is 1.89 bits per heavy atom. The van der Waals surface area contributed by atoms with Crippen molar-refractivity contribution >= 4 is 17.6 Å². The van der Waals surface area contributed by atoms with Gasteiger partial charge in [-0.2, -0.15) is 0 Å². The second kappa shape index (κ2) is 6.45. The molecule has 0 atom stereocenters. The fraction of sp³-hybridized carbons (Fsp3) is 0.357. The van der Waals surface area contributed by atoms with E-state index in [9.17, 15) is 4.79 Å². The number of hydrogen-bond donors (Lipinski definition) is 0. The minimum atomic E-state index is -0.345. The van der Waals surface area contributed by atoms with Crippen molar-refractivity contribution in [1.29, 1.82) is 0 Å². The van der Waals surface area contributed by atoms with E-state index in [-0.39, 0.29) is 5.97 Å². The van der Waals surface area contributed by atoms with Crippen LogP contribution in [0.2, 0.25) is 5.02 Å². The van der Waals surface area contributed by atoms with Crippen LogP contribution < -0.4 is 4.74 Å². The minimum absolute atomic E-state index is 0.321. The van der Waals surface area contributed by atoms with E-state index < -0.39 is 0 Å². The van der Waals surface area contributed by atoms with Crippen molar-refractivity contribution < 1.29 is 14.3 Å². The van der Waals surface area contributed by atoms with Crippen molar-refractivity contribution in [2.75, 3.05) is 13.7 Å². The zero-order valence-corrected chi connectivity index (χ0v) is 11.8. The van der Waals surface area contributed by atoms with Gasteiger partial charge >= 0.3 is 5.97 Å². The zero-order chi connectivity index (χ0) is 13.7. The molecule has 0 amide bonds. The lowest BCUT2D eigenvalue weighted by Crippen LogP contribution is -2.04. The van der Waals surface area contributed by atoms with Crippen molar-refractivity contribution in [3.05, 3.63) is 39.9 Å². The summed E-state index contributed by atoms with van der Waals surface area (Å²) in [6, 6.07) is 3.74. The molecule has 0 aliphatic heterocycles. The highest BCUT2D eigenvalue weighted by molar-refractivity contribution is 6.32. The molecular formula is C14H17ClO3. The summed E-state index contributed by atoms with van der Waals surface area (Å²) in [5.74, 6) is 0.394. The Morgan fingerprint density at radius 3 is 2.39 bits per heavy atom. The molecule has 1 rings (SSSR count). The van der Waals surface area contributed by atoms with Gasteiger partial charge in [-0.25, -0.2) is 4.79 Å². The fourth-order valence-corrected chi connectivity index (χ4v) is 1.61. The first kappa shape index (κ1) is 14.6. The summed E-state index contributed by atoms with van der Waals surface area (Å²) in [7, 11) is 1.35. The summed E-state index contributed by atoms with van der Waals surface area (Å²) >= 11 is 6.07. The molecule has 0 saturated heterocycles. The first-order valence-corrected chi connectivity index (χ1v) is 5.98. The molecule has 0 unspecified atom stereocenters. The Kier molecular flexibility index (Phi) is 5.23. The van der Waals surface area contributed by atoms with Gasteiger partial charge in [0.2, 0.25) is 0 Å². The lowest BCUT2D eigenvalue weighted by Gasteiger charge is -2.08. The number of esters is 1. The lowest BCUT2D eigenvalue weighted by molar-refractivity contribution is -0.136. The summed E-state index contributed by atoms with van der Waals surface area (Å²) in [6.45, 7) is 5.87. The molecule has 4 heteroatoms. The predicted octanol–water partition coefficient (Wildman–Crippen LogP) is 3.45. The molecule has 0 heterocycles. The standard InChI is InChI=1S/C14H17ClO3/c1-9(14(16)17-4)5-6-18-12-7-10(2)13(15)11(3)8-12/h5,7-8H,6H2,1-4H3. The van der Waals surface area contributed by atoms with Gasteiger partial charge in [0, 0.05) is 10.6 Å². The number of carbonyl (C=O) groups excluding carboxylic acids is 1. The molecule has 3 nitrogen and oxygen atoms in total. The highest BCUT2D eigenvalue weighted by atomic mass is 35.5. The average molecular weight is 269 g/mol. The van der Waals surface area contributed by atoms with E-state index in [1.54, 1.807) is 13.0 Å². The van der Waals surface area contributed by atoms with Gasteiger partial charge in [0.25, 0.3) is 0 Å². The smallest absolute Gasteiger partial charge is 0.333 e. The normalized spacial score (nSPS) is 11.3. The van der Waals surface area contributed by atoms with E-state index in [0.29, 0.717) is 12.2 Å². The highest BCUT2D eigenvalue weighted by Crippen LogP contribution is 2.25. The van der Waals surface area contributed by atoms with Crippen LogP contribution in [0.15, 0.2) is 23.8 Å². The van der Waals surface area contributed by atoms with Crippen molar-refractivity contribution in [2.24, 2.45) is 0 Å². The van der Waals surface area contributed by atoms with Gasteiger partial charge in [-0.3, -0.25) is 0 Å². The first-order chi connectivity index (χ1) is 8.45. The summed E-state index contributed by atoms with van der Waals surface area (Å²) in [6.07, 6.45) is 1.69. The summed E-state index contributed by atoms with van der Waals surface area (Å²) in [4.78, 5) is 11.1. The molecule has 0 spiro atoms. The molecule has 0 radical (unpaired) electrons. The van der Waals surface area contributed by atoms with Gasteiger partial charge < -0.3 is 9.47 Å². The van der Waals surface area contributed by atoms with Crippen LogP contribution in [0.1, 0.15) is 18.1 Å². The molecule has 1 aromatic carbocycles. The zero-order valence-electron chi connectivity index (χ0n) is 11.0. The molecule has 98 valence electrons.